The van der Waals surface area contributed by atoms with E-state index in [1.54, 1.807) is 28.4 Å². The van der Waals surface area contributed by atoms with Crippen molar-refractivity contribution in [2.24, 2.45) is 4.99 Å². The van der Waals surface area contributed by atoms with E-state index in [1.807, 2.05) is 48.5 Å². The Hall–Kier alpha value is -2.95. The number of nitrogens with zero attached hydrogens (tertiary/aromatic N) is 2. The Morgan fingerprint density at radius 2 is 1.58 bits per heavy atom. The molecule has 0 aliphatic rings. The van der Waals surface area contributed by atoms with Crippen LogP contribution in [-0.4, -0.2) is 39.5 Å². The molecule has 8 nitrogen and oxygen atoms in total. The summed E-state index contributed by atoms with van der Waals surface area (Å²) >= 11 is 0. The maximum Gasteiger partial charge on any atom is 0.203 e. The molecule has 0 saturated heterocycles. The monoisotopic (exact) mass is 538 g/mol. The van der Waals surface area contributed by atoms with E-state index in [0.717, 1.165) is 22.6 Å². The van der Waals surface area contributed by atoms with E-state index in [0.29, 0.717) is 36.3 Å². The van der Waals surface area contributed by atoms with Crippen LogP contribution in [0, 0.1) is 0 Å². The molecule has 0 saturated carbocycles. The summed E-state index contributed by atoms with van der Waals surface area (Å²) in [5, 5.41) is 10.6. The van der Waals surface area contributed by atoms with Crippen molar-refractivity contribution in [3.8, 4) is 28.6 Å². The minimum absolute atomic E-state index is 0. The number of hydrogen-bond acceptors (Lipinski definition) is 6. The maximum atomic E-state index is 5.43. The molecule has 31 heavy (non-hydrogen) atoms. The van der Waals surface area contributed by atoms with Crippen molar-refractivity contribution >= 4 is 29.9 Å². The molecule has 0 aliphatic carbocycles. The number of aromatic nitrogens is 1. The first-order valence-electron chi connectivity index (χ1n) is 9.43. The zero-order chi connectivity index (χ0) is 21.3. The van der Waals surface area contributed by atoms with Gasteiger partial charge >= 0.3 is 0 Å². The number of ether oxygens (including phenoxy) is 3. The molecule has 0 bridgehead atoms. The van der Waals surface area contributed by atoms with Gasteiger partial charge < -0.3 is 29.4 Å². The summed E-state index contributed by atoms with van der Waals surface area (Å²) in [7, 11) is 6.48. The van der Waals surface area contributed by atoms with E-state index in [-0.39, 0.29) is 24.0 Å². The number of aliphatic imine (C=N–C) groups is 1. The Morgan fingerprint density at radius 1 is 0.935 bits per heavy atom. The number of hydrogen-bond donors (Lipinski definition) is 2. The van der Waals surface area contributed by atoms with Crippen LogP contribution >= 0.6 is 24.0 Å². The average molecular weight is 538 g/mol. The largest absolute Gasteiger partial charge is 0.493 e. The van der Waals surface area contributed by atoms with Crippen molar-refractivity contribution in [3.63, 3.8) is 0 Å². The lowest BCUT2D eigenvalue weighted by Gasteiger charge is -2.15. The second-order valence-electron chi connectivity index (χ2n) is 6.36. The predicted molar refractivity (Wildman–Crippen MR) is 130 cm³/mol. The molecule has 2 N–H and O–H groups in total. The van der Waals surface area contributed by atoms with Gasteiger partial charge in [-0.25, -0.2) is 0 Å². The van der Waals surface area contributed by atoms with Crippen molar-refractivity contribution in [1.29, 1.82) is 0 Å². The molecule has 0 unspecified atom stereocenters. The van der Waals surface area contributed by atoms with Gasteiger partial charge in [0.25, 0.3) is 0 Å². The molecule has 0 radical (unpaired) electrons. The van der Waals surface area contributed by atoms with Gasteiger partial charge in [0.1, 0.15) is 5.69 Å². The normalized spacial score (nSPS) is 10.8. The van der Waals surface area contributed by atoms with Crippen LogP contribution in [-0.2, 0) is 13.1 Å². The standard InChI is InChI=1S/C22H26N4O4.HI/c1-23-22(24-13-15-10-19(27-2)21(29-4)20(11-15)28-3)25-14-17-12-18(30-26-17)16-8-6-5-7-9-16;/h5-12H,13-14H2,1-4H3,(H2,23,24,25);1H. The zero-order valence-corrected chi connectivity index (χ0v) is 20.3. The molecule has 0 spiro atoms. The summed E-state index contributed by atoms with van der Waals surface area (Å²) in [4.78, 5) is 4.25. The van der Waals surface area contributed by atoms with E-state index in [1.165, 1.54) is 0 Å². The van der Waals surface area contributed by atoms with Gasteiger partial charge in [0, 0.05) is 25.2 Å². The Morgan fingerprint density at radius 3 is 2.16 bits per heavy atom. The first-order valence-corrected chi connectivity index (χ1v) is 9.43. The van der Waals surface area contributed by atoms with Gasteiger partial charge in [-0.1, -0.05) is 35.5 Å². The number of methoxy groups -OCH3 is 3. The van der Waals surface area contributed by atoms with Crippen LogP contribution in [0.25, 0.3) is 11.3 Å². The van der Waals surface area contributed by atoms with Gasteiger partial charge in [0.05, 0.1) is 27.9 Å². The topological polar surface area (TPSA) is 90.1 Å². The highest BCUT2D eigenvalue weighted by atomic mass is 127. The maximum absolute atomic E-state index is 5.43. The third kappa shape index (κ3) is 6.27. The highest BCUT2D eigenvalue weighted by Crippen LogP contribution is 2.38. The Bertz CT molecular complexity index is 967. The molecule has 9 heteroatoms. The SMILES string of the molecule is CN=C(NCc1cc(OC)c(OC)c(OC)c1)NCc1cc(-c2ccccc2)on1.I. The number of guanidine groups is 1. The minimum Gasteiger partial charge on any atom is -0.493 e. The quantitative estimate of drug-likeness (QED) is 0.256. The summed E-state index contributed by atoms with van der Waals surface area (Å²) in [6.07, 6.45) is 0. The van der Waals surface area contributed by atoms with Crippen molar-refractivity contribution in [3.05, 3.63) is 59.8 Å². The van der Waals surface area contributed by atoms with Crippen LogP contribution in [0.3, 0.4) is 0 Å². The predicted octanol–water partition coefficient (Wildman–Crippen LogP) is 3.85. The van der Waals surface area contributed by atoms with Crippen LogP contribution in [0.5, 0.6) is 17.2 Å². The van der Waals surface area contributed by atoms with Gasteiger partial charge in [-0.2, -0.15) is 0 Å². The lowest BCUT2D eigenvalue weighted by Crippen LogP contribution is -2.36. The summed E-state index contributed by atoms with van der Waals surface area (Å²) in [5.41, 5.74) is 2.73. The summed E-state index contributed by atoms with van der Waals surface area (Å²) in [6, 6.07) is 15.6. The van der Waals surface area contributed by atoms with Gasteiger partial charge in [0.2, 0.25) is 5.75 Å². The first-order chi connectivity index (χ1) is 14.7. The molecule has 166 valence electrons. The Labute approximate surface area is 199 Å². The molecule has 0 aliphatic heterocycles. The molecule has 2 aromatic carbocycles. The van der Waals surface area contributed by atoms with Crippen LogP contribution in [0.4, 0.5) is 0 Å². The Kier molecular flexibility index (Phi) is 9.44. The van der Waals surface area contributed by atoms with Crippen molar-refractivity contribution in [2.45, 2.75) is 13.1 Å². The van der Waals surface area contributed by atoms with E-state index in [4.69, 9.17) is 18.7 Å². The fourth-order valence-corrected chi connectivity index (χ4v) is 2.95. The average Bonchev–Trinajstić information content (AvgIpc) is 3.28. The van der Waals surface area contributed by atoms with Gasteiger partial charge in [-0.3, -0.25) is 4.99 Å². The van der Waals surface area contributed by atoms with E-state index < -0.39 is 0 Å². The lowest BCUT2D eigenvalue weighted by atomic mass is 10.1. The zero-order valence-electron chi connectivity index (χ0n) is 18.0. The minimum atomic E-state index is 0. The second-order valence-corrected chi connectivity index (χ2v) is 6.36. The fourth-order valence-electron chi connectivity index (χ4n) is 2.95. The summed E-state index contributed by atoms with van der Waals surface area (Å²) in [5.74, 6) is 3.13. The first kappa shape index (κ1) is 24.3. The van der Waals surface area contributed by atoms with Gasteiger partial charge in [-0.05, 0) is 17.7 Å². The van der Waals surface area contributed by atoms with Crippen LogP contribution in [0.15, 0.2) is 58.0 Å². The molecular weight excluding hydrogens is 511 g/mol. The summed E-state index contributed by atoms with van der Waals surface area (Å²) in [6.45, 7) is 0.996. The number of rotatable bonds is 8. The molecule has 1 aromatic heterocycles. The molecule has 0 fully saturated rings. The lowest BCUT2D eigenvalue weighted by molar-refractivity contribution is 0.323. The second kappa shape index (κ2) is 12.0. The van der Waals surface area contributed by atoms with Crippen LogP contribution in [0.1, 0.15) is 11.3 Å². The van der Waals surface area contributed by atoms with E-state index >= 15 is 0 Å². The smallest absolute Gasteiger partial charge is 0.203 e. The van der Waals surface area contributed by atoms with E-state index in [9.17, 15) is 0 Å². The van der Waals surface area contributed by atoms with Crippen molar-refractivity contribution < 1.29 is 18.7 Å². The summed E-state index contributed by atoms with van der Waals surface area (Å²) < 4.78 is 21.6. The molecule has 0 atom stereocenters. The molecular formula is C22H27IN4O4. The number of nitrogens with one attached hydrogen (secondary N) is 2. The van der Waals surface area contributed by atoms with Crippen LogP contribution in [0.2, 0.25) is 0 Å². The number of benzene rings is 2. The van der Waals surface area contributed by atoms with Crippen molar-refractivity contribution in [1.82, 2.24) is 15.8 Å². The Balaban J connectivity index is 0.00000341. The number of halogens is 1. The third-order valence-electron chi connectivity index (χ3n) is 4.46. The van der Waals surface area contributed by atoms with Gasteiger partial charge in [-0.15, -0.1) is 24.0 Å². The fraction of sp³-hybridized carbons (Fsp3) is 0.273. The van der Waals surface area contributed by atoms with E-state index in [2.05, 4.69) is 20.8 Å². The molecule has 0 amide bonds. The molecule has 1 heterocycles. The third-order valence-corrected chi connectivity index (χ3v) is 4.46. The van der Waals surface area contributed by atoms with Crippen molar-refractivity contribution in [2.75, 3.05) is 28.4 Å². The highest BCUT2D eigenvalue weighted by molar-refractivity contribution is 14.0. The van der Waals surface area contributed by atoms with Crippen LogP contribution < -0.4 is 24.8 Å². The van der Waals surface area contributed by atoms with Gasteiger partial charge in [0.15, 0.2) is 23.2 Å². The molecule has 3 aromatic rings. The highest BCUT2D eigenvalue weighted by Gasteiger charge is 2.13. The molecule has 3 rings (SSSR count).